The molecule has 1 aromatic carbocycles. The van der Waals surface area contributed by atoms with Crippen molar-refractivity contribution in [2.24, 2.45) is 0 Å². The highest BCUT2D eigenvalue weighted by Crippen LogP contribution is 2.56. The van der Waals surface area contributed by atoms with Gasteiger partial charge in [-0.15, -0.1) is 5.73 Å². The van der Waals surface area contributed by atoms with E-state index in [0.717, 1.165) is 11.3 Å². The molecule has 0 fully saturated rings. The third kappa shape index (κ3) is 2.15. The molecule has 78 valence electrons. The molecule has 1 atom stereocenters. The summed E-state index contributed by atoms with van der Waals surface area (Å²) in [6, 6.07) is 7.35. The largest absolute Gasteiger partial charge is 0.424 e. The molecule has 1 N–H and O–H groups in total. The molecule has 1 aliphatic heterocycles. The van der Waals surface area contributed by atoms with E-state index in [-0.39, 0.29) is 0 Å². The summed E-state index contributed by atoms with van der Waals surface area (Å²) in [7, 11) is -2.91. The summed E-state index contributed by atoms with van der Waals surface area (Å²) in [5, 5.41) is 2.87. The Morgan fingerprint density at radius 1 is 1.47 bits per heavy atom. The lowest BCUT2D eigenvalue weighted by Gasteiger charge is -2.03. The molecule has 1 aliphatic rings. The number of hydrogen-bond donors (Lipinski definition) is 1. The Morgan fingerprint density at radius 3 is 2.87 bits per heavy atom. The fraction of sp³-hybridized carbons (Fsp3) is 0.182. The Morgan fingerprint density at radius 2 is 2.20 bits per heavy atom. The Hall–Kier alpha value is -1.43. The fourth-order valence-corrected chi connectivity index (χ4v) is 2.81. The summed E-state index contributed by atoms with van der Waals surface area (Å²) in [5.41, 5.74) is 4.64. The molecular weight excluding hydrogens is 209 g/mol. The van der Waals surface area contributed by atoms with Gasteiger partial charge >= 0.3 is 7.52 Å². The van der Waals surface area contributed by atoms with Crippen LogP contribution in [0, 0.1) is 0 Å². The second-order valence-electron chi connectivity index (χ2n) is 3.57. The molecule has 2 rings (SSSR count). The van der Waals surface area contributed by atoms with Crippen molar-refractivity contribution < 1.29 is 9.09 Å². The van der Waals surface area contributed by atoms with E-state index in [0.29, 0.717) is 5.75 Å². The highest BCUT2D eigenvalue weighted by molar-refractivity contribution is 7.64. The lowest BCUT2D eigenvalue weighted by Crippen LogP contribution is -1.89. The molecule has 0 radical (unpaired) electrons. The van der Waals surface area contributed by atoms with E-state index < -0.39 is 7.52 Å². The van der Waals surface area contributed by atoms with Crippen LogP contribution in [0.25, 0.3) is 0 Å². The van der Waals surface area contributed by atoms with Crippen LogP contribution < -0.4 is 9.61 Å². The van der Waals surface area contributed by atoms with Gasteiger partial charge in [-0.2, -0.15) is 0 Å². The van der Waals surface area contributed by atoms with Gasteiger partial charge in [-0.1, -0.05) is 12.1 Å². The smallest absolute Gasteiger partial charge is 0.372 e. The molecule has 1 unspecified atom stereocenters. The highest BCUT2D eigenvalue weighted by Gasteiger charge is 2.30. The van der Waals surface area contributed by atoms with Gasteiger partial charge in [-0.25, -0.2) is 4.57 Å². The number of para-hydroxylation sites is 2. The summed E-state index contributed by atoms with van der Waals surface area (Å²) < 4.78 is 17.5. The number of rotatable bonds is 1. The molecule has 3 nitrogen and oxygen atoms in total. The molecule has 0 saturated carbocycles. The zero-order valence-electron chi connectivity index (χ0n) is 8.65. The van der Waals surface area contributed by atoms with Crippen molar-refractivity contribution in [3.8, 4) is 5.75 Å². The predicted molar refractivity (Wildman–Crippen MR) is 61.2 cm³/mol. The van der Waals surface area contributed by atoms with Crippen LogP contribution in [0.5, 0.6) is 5.75 Å². The van der Waals surface area contributed by atoms with Crippen molar-refractivity contribution in [1.29, 1.82) is 0 Å². The van der Waals surface area contributed by atoms with Crippen LogP contribution in [0.3, 0.4) is 0 Å². The van der Waals surface area contributed by atoms with Crippen LogP contribution >= 0.6 is 7.52 Å². The van der Waals surface area contributed by atoms with Crippen molar-refractivity contribution in [3.05, 3.63) is 41.4 Å². The minimum absolute atomic E-state index is 0.632. The molecule has 15 heavy (non-hydrogen) atoms. The van der Waals surface area contributed by atoms with E-state index >= 15 is 0 Å². The van der Waals surface area contributed by atoms with Crippen LogP contribution in [-0.4, -0.2) is 0 Å². The Kier molecular flexibility index (Phi) is 2.44. The predicted octanol–water partition coefficient (Wildman–Crippen LogP) is 3.76. The topological polar surface area (TPSA) is 38.3 Å². The van der Waals surface area contributed by atoms with Crippen LogP contribution in [0.1, 0.15) is 13.8 Å². The molecule has 0 spiro atoms. The van der Waals surface area contributed by atoms with Gasteiger partial charge in [-0.05, 0) is 31.6 Å². The SMILES string of the molecule is CC(C)=C=CP1(=O)Nc2ccccc2O1. The number of allylic oxidation sites excluding steroid dienone is 1. The highest BCUT2D eigenvalue weighted by atomic mass is 31.2. The summed E-state index contributed by atoms with van der Waals surface area (Å²) in [4.78, 5) is 0. The van der Waals surface area contributed by atoms with E-state index in [2.05, 4.69) is 10.8 Å². The maximum absolute atomic E-state index is 12.1. The van der Waals surface area contributed by atoms with Gasteiger partial charge in [0.2, 0.25) is 0 Å². The number of fused-ring (bicyclic) bond motifs is 1. The van der Waals surface area contributed by atoms with E-state index in [1.165, 1.54) is 5.82 Å². The average molecular weight is 221 g/mol. The van der Waals surface area contributed by atoms with E-state index in [1.54, 1.807) is 6.07 Å². The average Bonchev–Trinajstić information content (AvgIpc) is 2.52. The van der Waals surface area contributed by atoms with Crippen molar-refractivity contribution in [2.45, 2.75) is 13.8 Å². The van der Waals surface area contributed by atoms with Crippen molar-refractivity contribution in [3.63, 3.8) is 0 Å². The van der Waals surface area contributed by atoms with Gasteiger partial charge < -0.3 is 4.52 Å². The molecule has 0 aromatic heterocycles. The summed E-state index contributed by atoms with van der Waals surface area (Å²) >= 11 is 0. The quantitative estimate of drug-likeness (QED) is 0.579. The summed E-state index contributed by atoms with van der Waals surface area (Å²) in [5.74, 6) is 2.11. The van der Waals surface area contributed by atoms with Crippen molar-refractivity contribution in [1.82, 2.24) is 0 Å². The van der Waals surface area contributed by atoms with Crippen LogP contribution in [-0.2, 0) is 4.57 Å². The minimum Gasteiger partial charge on any atom is -0.424 e. The van der Waals surface area contributed by atoms with Gasteiger partial charge in [0, 0.05) is 0 Å². The maximum Gasteiger partial charge on any atom is 0.372 e. The van der Waals surface area contributed by atoms with Gasteiger partial charge in [0.15, 0.2) is 5.75 Å². The van der Waals surface area contributed by atoms with E-state index in [1.807, 2.05) is 32.0 Å². The van der Waals surface area contributed by atoms with Gasteiger partial charge in [-0.3, -0.25) is 5.09 Å². The first-order chi connectivity index (χ1) is 7.09. The lowest BCUT2D eigenvalue weighted by atomic mass is 10.3. The zero-order valence-corrected chi connectivity index (χ0v) is 9.54. The second kappa shape index (κ2) is 3.62. The molecule has 4 heteroatoms. The molecule has 0 bridgehead atoms. The first kappa shape index (κ1) is 10.1. The maximum atomic E-state index is 12.1. The fourth-order valence-electron chi connectivity index (χ4n) is 1.25. The zero-order chi connectivity index (χ0) is 10.9. The van der Waals surface area contributed by atoms with E-state index in [4.69, 9.17) is 4.52 Å². The first-order valence-corrected chi connectivity index (χ1v) is 6.36. The molecule has 0 amide bonds. The van der Waals surface area contributed by atoms with Gasteiger partial charge in [0.25, 0.3) is 0 Å². The Balaban J connectivity index is 2.33. The van der Waals surface area contributed by atoms with Crippen molar-refractivity contribution >= 4 is 13.2 Å². The second-order valence-corrected chi connectivity index (χ2v) is 5.43. The lowest BCUT2D eigenvalue weighted by molar-refractivity contribution is 0.507. The molecule has 1 heterocycles. The summed E-state index contributed by atoms with van der Waals surface area (Å²) in [6.07, 6.45) is 0. The normalized spacial score (nSPS) is 22.0. The minimum atomic E-state index is -2.91. The van der Waals surface area contributed by atoms with Crippen LogP contribution in [0.15, 0.2) is 41.4 Å². The van der Waals surface area contributed by atoms with Crippen LogP contribution in [0.2, 0.25) is 0 Å². The van der Waals surface area contributed by atoms with Crippen molar-refractivity contribution in [2.75, 3.05) is 5.09 Å². The number of benzene rings is 1. The standard InChI is InChI=1S/C11H12NO2P/c1-9(2)7-8-15(13)12-10-5-3-4-6-11(10)14-15/h3-6,8H,1-2H3,(H,12,13). The number of hydrogen-bond acceptors (Lipinski definition) is 2. The van der Waals surface area contributed by atoms with Gasteiger partial charge in [0.1, 0.15) is 0 Å². The molecule has 0 saturated heterocycles. The third-order valence-electron chi connectivity index (χ3n) is 1.92. The number of anilines is 1. The molecule has 0 aliphatic carbocycles. The van der Waals surface area contributed by atoms with Gasteiger partial charge in [0.05, 0.1) is 11.5 Å². The monoisotopic (exact) mass is 221 g/mol. The van der Waals surface area contributed by atoms with Crippen LogP contribution in [0.4, 0.5) is 5.69 Å². The molecular formula is C11H12NO2P. The molecule has 1 aromatic rings. The third-order valence-corrected chi connectivity index (χ3v) is 3.41. The Labute approximate surface area is 89.0 Å². The Bertz CT molecular complexity index is 468. The first-order valence-electron chi connectivity index (χ1n) is 4.67. The van der Waals surface area contributed by atoms with E-state index in [9.17, 15) is 4.57 Å². The number of nitrogens with one attached hydrogen (secondary N) is 1. The summed E-state index contributed by atoms with van der Waals surface area (Å²) in [6.45, 7) is 3.79.